The normalized spacial score (nSPS) is 20.6. The zero-order chi connectivity index (χ0) is 14.8. The number of rotatable bonds is 4. The lowest BCUT2D eigenvalue weighted by molar-refractivity contribution is -0.121. The third-order valence-corrected chi connectivity index (χ3v) is 4.43. The quantitative estimate of drug-likeness (QED) is 0.838. The summed E-state index contributed by atoms with van der Waals surface area (Å²) in [6.45, 7) is 4.45. The molecule has 1 saturated carbocycles. The van der Waals surface area contributed by atoms with Gasteiger partial charge in [-0.2, -0.15) is 0 Å². The maximum Gasteiger partial charge on any atom is 0.224 e. The number of nitrogens with two attached hydrogens (primary N) is 1. The van der Waals surface area contributed by atoms with Crippen LogP contribution < -0.4 is 11.1 Å². The van der Waals surface area contributed by atoms with E-state index in [-0.39, 0.29) is 11.3 Å². The first-order valence-corrected chi connectivity index (χ1v) is 7.47. The molecule has 20 heavy (non-hydrogen) atoms. The molecule has 1 aromatic rings. The van der Waals surface area contributed by atoms with Gasteiger partial charge in [0.05, 0.1) is 6.42 Å². The molecule has 0 saturated heterocycles. The van der Waals surface area contributed by atoms with E-state index >= 15 is 0 Å². The molecule has 0 radical (unpaired) electrons. The van der Waals surface area contributed by atoms with Crippen LogP contribution in [0.4, 0.5) is 0 Å². The Morgan fingerprint density at radius 2 is 2.05 bits per heavy atom. The lowest BCUT2D eigenvalue weighted by atomic mass is 9.87. The summed E-state index contributed by atoms with van der Waals surface area (Å²) in [5.74, 6) is 0.0908. The number of nitrogens with one attached hydrogen (secondary N) is 1. The van der Waals surface area contributed by atoms with Crippen LogP contribution in [0.5, 0.6) is 0 Å². The van der Waals surface area contributed by atoms with E-state index in [9.17, 15) is 4.79 Å². The topological polar surface area (TPSA) is 55.1 Å². The van der Waals surface area contributed by atoms with E-state index in [2.05, 4.69) is 19.2 Å². The van der Waals surface area contributed by atoms with Crippen molar-refractivity contribution >= 4 is 23.1 Å². The van der Waals surface area contributed by atoms with E-state index in [4.69, 9.17) is 18.0 Å². The molecule has 1 amide bonds. The highest BCUT2D eigenvalue weighted by molar-refractivity contribution is 7.80. The molecule has 4 heteroatoms. The average Bonchev–Trinajstić information content (AvgIpc) is 2.69. The van der Waals surface area contributed by atoms with Crippen molar-refractivity contribution in [1.82, 2.24) is 5.32 Å². The van der Waals surface area contributed by atoms with E-state index in [1.807, 2.05) is 24.3 Å². The molecule has 2 rings (SSSR count). The fourth-order valence-electron chi connectivity index (χ4n) is 2.81. The SMILES string of the molecule is CC1(C)CCCC1NC(=O)Cc1ccc(C(N)=S)cc1. The first-order valence-electron chi connectivity index (χ1n) is 7.06. The van der Waals surface area contributed by atoms with E-state index in [0.29, 0.717) is 17.5 Å². The Balaban J connectivity index is 1.93. The largest absolute Gasteiger partial charge is 0.389 e. The zero-order valence-corrected chi connectivity index (χ0v) is 12.9. The molecule has 0 spiro atoms. The highest BCUT2D eigenvalue weighted by atomic mass is 32.1. The number of hydrogen-bond acceptors (Lipinski definition) is 2. The van der Waals surface area contributed by atoms with Gasteiger partial charge in [-0.1, -0.05) is 56.8 Å². The Hall–Kier alpha value is -1.42. The second kappa shape index (κ2) is 5.92. The Bertz CT molecular complexity index is 508. The van der Waals surface area contributed by atoms with Gasteiger partial charge in [-0.15, -0.1) is 0 Å². The van der Waals surface area contributed by atoms with E-state index in [0.717, 1.165) is 17.5 Å². The summed E-state index contributed by atoms with van der Waals surface area (Å²) in [7, 11) is 0. The van der Waals surface area contributed by atoms with Gasteiger partial charge in [-0.05, 0) is 23.8 Å². The number of carbonyl (C=O) groups is 1. The van der Waals surface area contributed by atoms with Crippen LogP contribution in [0.25, 0.3) is 0 Å². The maximum absolute atomic E-state index is 12.1. The molecular formula is C16H22N2OS. The Morgan fingerprint density at radius 3 is 2.55 bits per heavy atom. The summed E-state index contributed by atoms with van der Waals surface area (Å²) < 4.78 is 0. The van der Waals surface area contributed by atoms with Gasteiger partial charge in [-0.3, -0.25) is 4.79 Å². The van der Waals surface area contributed by atoms with E-state index in [1.165, 1.54) is 12.8 Å². The van der Waals surface area contributed by atoms with Crippen molar-refractivity contribution < 1.29 is 4.79 Å². The van der Waals surface area contributed by atoms with Crippen LogP contribution in [-0.4, -0.2) is 16.9 Å². The van der Waals surface area contributed by atoms with Gasteiger partial charge in [0.15, 0.2) is 0 Å². The van der Waals surface area contributed by atoms with Crippen molar-refractivity contribution in [2.75, 3.05) is 0 Å². The summed E-state index contributed by atoms with van der Waals surface area (Å²) in [6, 6.07) is 7.85. The number of benzene rings is 1. The molecule has 1 aliphatic carbocycles. The second-order valence-corrected chi connectivity index (χ2v) is 6.68. The molecule has 0 heterocycles. The minimum absolute atomic E-state index is 0.0908. The molecule has 1 unspecified atom stereocenters. The molecule has 108 valence electrons. The summed E-state index contributed by atoms with van der Waals surface area (Å²) in [5.41, 5.74) is 7.59. The standard InChI is InChI=1S/C16H22N2OS/c1-16(2)9-3-4-13(16)18-14(19)10-11-5-7-12(8-6-11)15(17)20/h5-8,13H,3-4,9-10H2,1-2H3,(H2,17,20)(H,18,19). The minimum Gasteiger partial charge on any atom is -0.389 e. The number of hydrogen-bond donors (Lipinski definition) is 2. The molecule has 1 aromatic carbocycles. The molecule has 3 N–H and O–H groups in total. The van der Waals surface area contributed by atoms with Gasteiger partial charge < -0.3 is 11.1 Å². The molecule has 0 aromatic heterocycles. The predicted octanol–water partition coefficient (Wildman–Crippen LogP) is 2.56. The third kappa shape index (κ3) is 3.57. The van der Waals surface area contributed by atoms with Crippen LogP contribution in [0.15, 0.2) is 24.3 Å². The summed E-state index contributed by atoms with van der Waals surface area (Å²) in [5, 5.41) is 3.17. The van der Waals surface area contributed by atoms with Gasteiger partial charge in [0, 0.05) is 11.6 Å². The van der Waals surface area contributed by atoms with Gasteiger partial charge in [0.1, 0.15) is 4.99 Å². The van der Waals surface area contributed by atoms with Gasteiger partial charge in [-0.25, -0.2) is 0 Å². The molecule has 3 nitrogen and oxygen atoms in total. The monoisotopic (exact) mass is 290 g/mol. The lowest BCUT2D eigenvalue weighted by Crippen LogP contribution is -2.42. The lowest BCUT2D eigenvalue weighted by Gasteiger charge is -2.27. The van der Waals surface area contributed by atoms with Gasteiger partial charge in [0.25, 0.3) is 0 Å². The first kappa shape index (κ1) is 15.0. The smallest absolute Gasteiger partial charge is 0.224 e. The van der Waals surface area contributed by atoms with Crippen LogP contribution >= 0.6 is 12.2 Å². The van der Waals surface area contributed by atoms with E-state index < -0.39 is 0 Å². The number of thiocarbonyl (C=S) groups is 1. The van der Waals surface area contributed by atoms with Crippen LogP contribution in [0.2, 0.25) is 0 Å². The fourth-order valence-corrected chi connectivity index (χ4v) is 2.95. The van der Waals surface area contributed by atoms with Gasteiger partial charge in [0.2, 0.25) is 5.91 Å². The van der Waals surface area contributed by atoms with E-state index in [1.54, 1.807) is 0 Å². The van der Waals surface area contributed by atoms with Crippen molar-refractivity contribution in [1.29, 1.82) is 0 Å². The molecule has 0 bridgehead atoms. The molecule has 1 fully saturated rings. The highest BCUT2D eigenvalue weighted by Crippen LogP contribution is 2.37. The van der Waals surface area contributed by atoms with Crippen LogP contribution in [-0.2, 0) is 11.2 Å². The Labute approximate surface area is 125 Å². The Morgan fingerprint density at radius 1 is 1.40 bits per heavy atom. The van der Waals surface area contributed by atoms with Crippen LogP contribution in [0.3, 0.4) is 0 Å². The summed E-state index contributed by atoms with van der Waals surface area (Å²) in [6.07, 6.45) is 3.87. The maximum atomic E-state index is 12.1. The predicted molar refractivity (Wildman–Crippen MR) is 85.6 cm³/mol. The number of amides is 1. The average molecular weight is 290 g/mol. The summed E-state index contributed by atoms with van der Waals surface area (Å²) in [4.78, 5) is 12.5. The van der Waals surface area contributed by atoms with Crippen molar-refractivity contribution in [3.05, 3.63) is 35.4 Å². The Kier molecular flexibility index (Phi) is 4.43. The van der Waals surface area contributed by atoms with Crippen molar-refractivity contribution in [2.45, 2.75) is 45.6 Å². The summed E-state index contributed by atoms with van der Waals surface area (Å²) >= 11 is 4.91. The molecular weight excluding hydrogens is 268 g/mol. The van der Waals surface area contributed by atoms with Crippen LogP contribution in [0.1, 0.15) is 44.2 Å². The second-order valence-electron chi connectivity index (χ2n) is 6.24. The highest BCUT2D eigenvalue weighted by Gasteiger charge is 2.35. The van der Waals surface area contributed by atoms with Crippen molar-refractivity contribution in [3.8, 4) is 0 Å². The zero-order valence-electron chi connectivity index (χ0n) is 12.1. The van der Waals surface area contributed by atoms with Crippen molar-refractivity contribution in [3.63, 3.8) is 0 Å². The number of carbonyl (C=O) groups excluding carboxylic acids is 1. The molecule has 1 aliphatic rings. The molecule has 1 atom stereocenters. The third-order valence-electron chi connectivity index (χ3n) is 4.20. The first-order chi connectivity index (χ1) is 9.38. The van der Waals surface area contributed by atoms with Crippen LogP contribution in [0, 0.1) is 5.41 Å². The molecule has 0 aliphatic heterocycles. The van der Waals surface area contributed by atoms with Gasteiger partial charge >= 0.3 is 0 Å². The fraction of sp³-hybridized carbons (Fsp3) is 0.500. The van der Waals surface area contributed by atoms with Crippen molar-refractivity contribution in [2.24, 2.45) is 11.1 Å². The minimum atomic E-state index is 0.0908.